The van der Waals surface area contributed by atoms with Gasteiger partial charge in [0.2, 0.25) is 0 Å². The summed E-state index contributed by atoms with van der Waals surface area (Å²) in [4.78, 5) is 14.6. The first kappa shape index (κ1) is 10.6. The third kappa shape index (κ3) is 2.20. The molecule has 0 bridgehead atoms. The van der Waals surface area contributed by atoms with Crippen molar-refractivity contribution in [2.45, 2.75) is 0 Å². The average molecular weight is 234 g/mol. The zero-order valence-corrected chi connectivity index (χ0v) is 8.98. The van der Waals surface area contributed by atoms with Crippen molar-refractivity contribution in [2.24, 2.45) is 0 Å². The maximum absolute atomic E-state index is 10.7. The molecule has 0 saturated carbocycles. The molecule has 0 fully saturated rings. The molecule has 0 aliphatic rings. The molecule has 0 unspecified atom stereocenters. The summed E-state index contributed by atoms with van der Waals surface area (Å²) >= 11 is 5.82. The van der Waals surface area contributed by atoms with E-state index in [1.165, 1.54) is 0 Å². The number of carbonyl (C=O) groups is 1. The van der Waals surface area contributed by atoms with E-state index in [-0.39, 0.29) is 5.56 Å². The minimum atomic E-state index is -0.934. The van der Waals surface area contributed by atoms with Gasteiger partial charge in [0, 0.05) is 18.0 Å². The van der Waals surface area contributed by atoms with Crippen LogP contribution in [0.25, 0.3) is 11.1 Å². The Morgan fingerprint density at radius 3 is 2.38 bits per heavy atom. The second-order valence-corrected chi connectivity index (χ2v) is 3.71. The van der Waals surface area contributed by atoms with Gasteiger partial charge >= 0.3 is 5.97 Å². The van der Waals surface area contributed by atoms with Crippen molar-refractivity contribution < 1.29 is 9.90 Å². The van der Waals surface area contributed by atoms with Crippen LogP contribution in [0.15, 0.2) is 42.7 Å². The predicted molar refractivity (Wildman–Crippen MR) is 61.6 cm³/mol. The summed E-state index contributed by atoms with van der Waals surface area (Å²) in [7, 11) is 0. The summed E-state index contributed by atoms with van der Waals surface area (Å²) in [5.74, 6) is -0.934. The van der Waals surface area contributed by atoms with E-state index in [1.54, 1.807) is 42.7 Å². The minimum Gasteiger partial charge on any atom is -0.478 e. The normalized spacial score (nSPS) is 10.1. The number of halogens is 1. The lowest BCUT2D eigenvalue weighted by Crippen LogP contribution is -1.94. The van der Waals surface area contributed by atoms with Gasteiger partial charge in [0.05, 0.1) is 10.6 Å². The molecule has 2 rings (SSSR count). The Balaban J connectivity index is 2.38. The number of rotatable bonds is 2. The van der Waals surface area contributed by atoms with Crippen molar-refractivity contribution in [3.05, 3.63) is 53.3 Å². The predicted octanol–water partition coefficient (Wildman–Crippen LogP) is 3.10. The van der Waals surface area contributed by atoms with E-state index in [9.17, 15) is 4.79 Å². The third-order valence-corrected chi connectivity index (χ3v) is 2.38. The maximum Gasteiger partial charge on any atom is 0.335 e. The van der Waals surface area contributed by atoms with Crippen LogP contribution in [0.1, 0.15) is 10.4 Å². The molecule has 0 radical (unpaired) electrons. The van der Waals surface area contributed by atoms with E-state index in [0.29, 0.717) is 5.02 Å². The molecule has 1 aromatic carbocycles. The number of aromatic carboxylic acids is 1. The number of nitrogens with zero attached hydrogens (tertiary/aromatic N) is 1. The topological polar surface area (TPSA) is 50.2 Å². The number of aromatic nitrogens is 1. The first-order valence-electron chi connectivity index (χ1n) is 4.61. The van der Waals surface area contributed by atoms with E-state index in [1.807, 2.05) is 0 Å². The van der Waals surface area contributed by atoms with Crippen molar-refractivity contribution in [2.75, 3.05) is 0 Å². The number of carboxylic acid groups (broad SMARTS) is 1. The van der Waals surface area contributed by atoms with Gasteiger partial charge in [-0.15, -0.1) is 0 Å². The fourth-order valence-electron chi connectivity index (χ4n) is 1.37. The highest BCUT2D eigenvalue weighted by atomic mass is 35.5. The van der Waals surface area contributed by atoms with Gasteiger partial charge in [-0.2, -0.15) is 0 Å². The third-order valence-electron chi connectivity index (χ3n) is 2.17. The van der Waals surface area contributed by atoms with Gasteiger partial charge in [0.15, 0.2) is 0 Å². The van der Waals surface area contributed by atoms with Crippen molar-refractivity contribution >= 4 is 17.6 Å². The summed E-state index contributed by atoms with van der Waals surface area (Å²) < 4.78 is 0. The van der Waals surface area contributed by atoms with Crippen molar-refractivity contribution in [3.63, 3.8) is 0 Å². The average Bonchev–Trinajstić information content (AvgIpc) is 2.29. The number of benzene rings is 1. The Labute approximate surface area is 97.3 Å². The first-order valence-corrected chi connectivity index (χ1v) is 4.99. The Morgan fingerprint density at radius 2 is 1.81 bits per heavy atom. The lowest BCUT2D eigenvalue weighted by Gasteiger charge is -2.02. The molecule has 0 spiro atoms. The molecule has 0 aliphatic carbocycles. The van der Waals surface area contributed by atoms with Gasteiger partial charge in [0.25, 0.3) is 0 Å². The zero-order valence-electron chi connectivity index (χ0n) is 8.22. The summed E-state index contributed by atoms with van der Waals surface area (Å²) in [5.41, 5.74) is 2.02. The summed E-state index contributed by atoms with van der Waals surface area (Å²) in [6.45, 7) is 0. The van der Waals surface area contributed by atoms with Crippen LogP contribution >= 0.6 is 11.6 Å². The van der Waals surface area contributed by atoms with Gasteiger partial charge in [-0.05, 0) is 23.8 Å². The molecule has 2 aromatic rings. The van der Waals surface area contributed by atoms with E-state index >= 15 is 0 Å². The molecule has 0 amide bonds. The summed E-state index contributed by atoms with van der Waals surface area (Å²) in [6, 6.07) is 8.36. The molecule has 3 nitrogen and oxygen atoms in total. The van der Waals surface area contributed by atoms with Gasteiger partial charge in [-0.25, -0.2) is 4.79 Å². The quantitative estimate of drug-likeness (QED) is 0.867. The van der Waals surface area contributed by atoms with Gasteiger partial charge in [0.1, 0.15) is 0 Å². The van der Waals surface area contributed by atoms with Crippen molar-refractivity contribution in [1.82, 2.24) is 4.98 Å². The first-order chi connectivity index (χ1) is 7.66. The van der Waals surface area contributed by atoms with Crippen molar-refractivity contribution in [3.8, 4) is 11.1 Å². The smallest absolute Gasteiger partial charge is 0.335 e. The van der Waals surface area contributed by atoms with Crippen LogP contribution in [0.2, 0.25) is 5.02 Å². The van der Waals surface area contributed by atoms with E-state index in [2.05, 4.69) is 4.98 Å². The van der Waals surface area contributed by atoms with Crippen LogP contribution in [-0.2, 0) is 0 Å². The Hall–Kier alpha value is -1.87. The molecule has 0 aliphatic heterocycles. The molecule has 0 saturated heterocycles. The van der Waals surface area contributed by atoms with E-state index < -0.39 is 5.97 Å². The second kappa shape index (κ2) is 4.33. The standard InChI is InChI=1S/C12H8ClNO2/c13-11-5-10(6-14-7-11)8-1-3-9(4-2-8)12(15)16/h1-7H,(H,15,16). The van der Waals surface area contributed by atoms with Crippen molar-refractivity contribution in [1.29, 1.82) is 0 Å². The molecule has 4 heteroatoms. The van der Waals surface area contributed by atoms with Gasteiger partial charge in [-0.3, -0.25) is 4.98 Å². The number of hydrogen-bond acceptors (Lipinski definition) is 2. The molecular weight excluding hydrogens is 226 g/mol. The Kier molecular flexibility index (Phi) is 2.88. The van der Waals surface area contributed by atoms with E-state index in [4.69, 9.17) is 16.7 Å². The Morgan fingerprint density at radius 1 is 1.12 bits per heavy atom. The fourth-order valence-corrected chi connectivity index (χ4v) is 1.55. The summed E-state index contributed by atoms with van der Waals surface area (Å²) in [6.07, 6.45) is 3.23. The molecule has 16 heavy (non-hydrogen) atoms. The number of pyridine rings is 1. The van der Waals surface area contributed by atoms with Crippen LogP contribution < -0.4 is 0 Å². The van der Waals surface area contributed by atoms with Crippen LogP contribution in [0.5, 0.6) is 0 Å². The monoisotopic (exact) mass is 233 g/mol. The molecule has 80 valence electrons. The highest BCUT2D eigenvalue weighted by molar-refractivity contribution is 6.30. The molecule has 0 atom stereocenters. The van der Waals surface area contributed by atoms with Crippen LogP contribution in [0.4, 0.5) is 0 Å². The summed E-state index contributed by atoms with van der Waals surface area (Å²) in [5, 5.41) is 9.31. The molecule has 1 aromatic heterocycles. The lowest BCUT2D eigenvalue weighted by atomic mass is 10.1. The molecular formula is C12H8ClNO2. The maximum atomic E-state index is 10.7. The van der Waals surface area contributed by atoms with Crippen LogP contribution in [0.3, 0.4) is 0 Å². The highest BCUT2D eigenvalue weighted by Crippen LogP contribution is 2.21. The molecule has 1 heterocycles. The second-order valence-electron chi connectivity index (χ2n) is 3.27. The zero-order chi connectivity index (χ0) is 11.5. The van der Waals surface area contributed by atoms with Gasteiger partial charge < -0.3 is 5.11 Å². The minimum absolute atomic E-state index is 0.263. The highest BCUT2D eigenvalue weighted by Gasteiger charge is 2.03. The van der Waals surface area contributed by atoms with Gasteiger partial charge in [-0.1, -0.05) is 23.7 Å². The fraction of sp³-hybridized carbons (Fsp3) is 0. The van der Waals surface area contributed by atoms with Crippen LogP contribution in [0, 0.1) is 0 Å². The largest absolute Gasteiger partial charge is 0.478 e. The lowest BCUT2D eigenvalue weighted by molar-refractivity contribution is 0.0697. The van der Waals surface area contributed by atoms with E-state index in [0.717, 1.165) is 11.1 Å². The Bertz CT molecular complexity index is 523. The van der Waals surface area contributed by atoms with Crippen LogP contribution in [-0.4, -0.2) is 16.1 Å². The SMILES string of the molecule is O=C(O)c1ccc(-c2cncc(Cl)c2)cc1. The number of carboxylic acids is 1. The number of hydrogen-bond donors (Lipinski definition) is 1. The molecule has 1 N–H and O–H groups in total.